The van der Waals surface area contributed by atoms with Crippen LogP contribution in [0.1, 0.15) is 31.0 Å². The summed E-state index contributed by atoms with van der Waals surface area (Å²) in [6, 6.07) is 5.82. The molecule has 19 heavy (non-hydrogen) atoms. The van der Waals surface area contributed by atoms with Crippen LogP contribution < -0.4 is 4.90 Å². The van der Waals surface area contributed by atoms with Gasteiger partial charge in [-0.1, -0.05) is 0 Å². The van der Waals surface area contributed by atoms with E-state index in [0.717, 1.165) is 5.69 Å². The van der Waals surface area contributed by atoms with E-state index in [-0.39, 0.29) is 12.0 Å². The van der Waals surface area contributed by atoms with Gasteiger partial charge in [-0.15, -0.1) is 0 Å². The van der Waals surface area contributed by atoms with Gasteiger partial charge < -0.3 is 10.0 Å². The molecular formula is C14H17N3O2. The number of pyridine rings is 1. The molecule has 1 aromatic rings. The van der Waals surface area contributed by atoms with Gasteiger partial charge in [0.1, 0.15) is 11.9 Å². The van der Waals surface area contributed by atoms with Crippen molar-refractivity contribution in [3.63, 3.8) is 0 Å². The number of carboxylic acids is 1. The van der Waals surface area contributed by atoms with E-state index in [2.05, 4.69) is 11.1 Å². The summed E-state index contributed by atoms with van der Waals surface area (Å²) >= 11 is 0. The van der Waals surface area contributed by atoms with E-state index in [4.69, 9.17) is 10.4 Å². The molecule has 2 unspecified atom stereocenters. The van der Waals surface area contributed by atoms with Crippen molar-refractivity contribution in [3.05, 3.63) is 23.4 Å². The molecule has 0 saturated carbocycles. The molecule has 1 saturated heterocycles. The third-order valence-corrected chi connectivity index (χ3v) is 3.63. The Morgan fingerprint density at radius 3 is 2.89 bits per heavy atom. The topological polar surface area (TPSA) is 77.2 Å². The first-order valence-corrected chi connectivity index (χ1v) is 6.40. The molecule has 5 heteroatoms. The minimum Gasteiger partial charge on any atom is -0.481 e. The van der Waals surface area contributed by atoms with Crippen LogP contribution in [0, 0.1) is 24.2 Å². The van der Waals surface area contributed by atoms with Crippen molar-refractivity contribution in [3.8, 4) is 6.07 Å². The molecule has 1 fully saturated rings. The first-order valence-electron chi connectivity index (χ1n) is 6.40. The van der Waals surface area contributed by atoms with E-state index in [0.29, 0.717) is 30.8 Å². The average molecular weight is 259 g/mol. The number of aliphatic carboxylic acids is 1. The molecule has 0 bridgehead atoms. The zero-order valence-corrected chi connectivity index (χ0v) is 11.1. The van der Waals surface area contributed by atoms with Crippen LogP contribution in [0.4, 0.5) is 5.82 Å². The smallest absolute Gasteiger partial charge is 0.306 e. The molecule has 5 nitrogen and oxygen atoms in total. The van der Waals surface area contributed by atoms with Crippen molar-refractivity contribution < 1.29 is 9.90 Å². The molecule has 1 aromatic heterocycles. The number of rotatable bonds is 2. The van der Waals surface area contributed by atoms with Crippen LogP contribution in [0.3, 0.4) is 0 Å². The van der Waals surface area contributed by atoms with Crippen molar-refractivity contribution in [2.24, 2.45) is 5.92 Å². The first kappa shape index (κ1) is 13.3. The number of nitriles is 1. The monoisotopic (exact) mass is 259 g/mol. The Kier molecular flexibility index (Phi) is 3.70. The summed E-state index contributed by atoms with van der Waals surface area (Å²) in [6.45, 7) is 4.50. The molecule has 0 aliphatic carbocycles. The van der Waals surface area contributed by atoms with Gasteiger partial charge in [0.05, 0.1) is 11.5 Å². The molecule has 1 aliphatic rings. The Bertz CT molecular complexity index is 536. The van der Waals surface area contributed by atoms with E-state index >= 15 is 0 Å². The molecule has 0 amide bonds. The molecule has 0 radical (unpaired) electrons. The summed E-state index contributed by atoms with van der Waals surface area (Å²) < 4.78 is 0. The highest BCUT2D eigenvalue weighted by Gasteiger charge is 2.31. The summed E-state index contributed by atoms with van der Waals surface area (Å²) in [6.07, 6.45) is 1.19. The number of nitrogens with zero attached hydrogens (tertiary/aromatic N) is 3. The minimum atomic E-state index is -0.732. The summed E-state index contributed by atoms with van der Waals surface area (Å²) in [5.74, 6) is -0.343. The zero-order chi connectivity index (χ0) is 14.0. The number of hydrogen-bond donors (Lipinski definition) is 1. The Morgan fingerprint density at radius 2 is 2.32 bits per heavy atom. The second-order valence-electron chi connectivity index (χ2n) is 5.04. The number of carbonyl (C=O) groups is 1. The summed E-state index contributed by atoms with van der Waals surface area (Å²) in [5, 5.41) is 18.2. The van der Waals surface area contributed by atoms with Gasteiger partial charge in [-0.2, -0.15) is 5.26 Å². The van der Waals surface area contributed by atoms with Crippen LogP contribution in [0.2, 0.25) is 0 Å². The largest absolute Gasteiger partial charge is 0.481 e. The molecular weight excluding hydrogens is 242 g/mol. The van der Waals surface area contributed by atoms with Gasteiger partial charge in [0.15, 0.2) is 0 Å². The van der Waals surface area contributed by atoms with Gasteiger partial charge in [0, 0.05) is 18.3 Å². The summed E-state index contributed by atoms with van der Waals surface area (Å²) in [7, 11) is 0. The quantitative estimate of drug-likeness (QED) is 0.878. The van der Waals surface area contributed by atoms with E-state index in [1.807, 2.05) is 24.8 Å². The average Bonchev–Trinajstić information content (AvgIpc) is 2.38. The molecule has 2 rings (SSSR count). The van der Waals surface area contributed by atoms with Gasteiger partial charge in [0.25, 0.3) is 0 Å². The maximum absolute atomic E-state index is 11.0. The van der Waals surface area contributed by atoms with Crippen LogP contribution >= 0.6 is 0 Å². The molecule has 0 aromatic carbocycles. The van der Waals surface area contributed by atoms with Crippen molar-refractivity contribution >= 4 is 11.8 Å². The standard InChI is InChI=1S/C14H17N3O2/c1-9-3-4-12(8-15)13(16-9)17-6-5-11(14(18)19)7-10(17)2/h3-4,10-11H,5-7H2,1-2H3,(H,18,19). The van der Waals surface area contributed by atoms with Crippen molar-refractivity contribution in [1.82, 2.24) is 4.98 Å². The summed E-state index contributed by atoms with van der Waals surface area (Å²) in [5.41, 5.74) is 1.41. The van der Waals surface area contributed by atoms with Gasteiger partial charge >= 0.3 is 5.97 Å². The highest BCUT2D eigenvalue weighted by atomic mass is 16.4. The van der Waals surface area contributed by atoms with Crippen LogP contribution in [0.15, 0.2) is 12.1 Å². The van der Waals surface area contributed by atoms with Gasteiger partial charge in [-0.05, 0) is 38.8 Å². The maximum Gasteiger partial charge on any atom is 0.306 e. The van der Waals surface area contributed by atoms with Crippen LogP contribution in [0.5, 0.6) is 0 Å². The molecule has 2 heterocycles. The van der Waals surface area contributed by atoms with Crippen molar-refractivity contribution in [1.29, 1.82) is 5.26 Å². The lowest BCUT2D eigenvalue weighted by Gasteiger charge is -2.37. The number of piperidine rings is 1. The van der Waals surface area contributed by atoms with Gasteiger partial charge in [-0.3, -0.25) is 4.79 Å². The third kappa shape index (κ3) is 2.68. The molecule has 0 spiro atoms. The Labute approximate surface area is 112 Å². The van der Waals surface area contributed by atoms with Crippen molar-refractivity contribution in [2.75, 3.05) is 11.4 Å². The number of aromatic nitrogens is 1. The maximum atomic E-state index is 11.0. The van der Waals surface area contributed by atoms with Crippen LogP contribution in [-0.2, 0) is 4.79 Å². The number of anilines is 1. The number of hydrogen-bond acceptors (Lipinski definition) is 4. The van der Waals surface area contributed by atoms with Gasteiger partial charge in [0.2, 0.25) is 0 Å². The Hall–Kier alpha value is -2.09. The van der Waals surface area contributed by atoms with E-state index in [1.165, 1.54) is 0 Å². The number of aryl methyl sites for hydroxylation is 1. The molecule has 2 atom stereocenters. The molecule has 1 aliphatic heterocycles. The zero-order valence-electron chi connectivity index (χ0n) is 11.1. The highest BCUT2D eigenvalue weighted by molar-refractivity contribution is 5.70. The van der Waals surface area contributed by atoms with E-state index in [9.17, 15) is 4.79 Å². The van der Waals surface area contributed by atoms with Crippen molar-refractivity contribution in [2.45, 2.75) is 32.7 Å². The minimum absolute atomic E-state index is 0.0799. The molecule has 100 valence electrons. The fraction of sp³-hybridized carbons (Fsp3) is 0.500. The summed E-state index contributed by atoms with van der Waals surface area (Å²) in [4.78, 5) is 17.5. The predicted molar refractivity (Wildman–Crippen MR) is 70.9 cm³/mol. The lowest BCUT2D eigenvalue weighted by molar-refractivity contribution is -0.142. The fourth-order valence-corrected chi connectivity index (χ4v) is 2.56. The fourth-order valence-electron chi connectivity index (χ4n) is 2.56. The molecule has 1 N–H and O–H groups in total. The van der Waals surface area contributed by atoms with Crippen LogP contribution in [-0.4, -0.2) is 28.6 Å². The Morgan fingerprint density at radius 1 is 1.58 bits per heavy atom. The Balaban J connectivity index is 2.26. The first-order chi connectivity index (χ1) is 9.02. The van der Waals surface area contributed by atoms with E-state index in [1.54, 1.807) is 6.07 Å². The SMILES string of the molecule is Cc1ccc(C#N)c(N2CCC(C(=O)O)CC2C)n1. The lowest BCUT2D eigenvalue weighted by atomic mass is 9.91. The van der Waals surface area contributed by atoms with Crippen LogP contribution in [0.25, 0.3) is 0 Å². The lowest BCUT2D eigenvalue weighted by Crippen LogP contribution is -2.43. The normalized spacial score (nSPS) is 22.9. The predicted octanol–water partition coefficient (Wildman–Crippen LogP) is 1.95. The second-order valence-corrected chi connectivity index (χ2v) is 5.04. The third-order valence-electron chi connectivity index (χ3n) is 3.63. The highest BCUT2D eigenvalue weighted by Crippen LogP contribution is 2.29. The van der Waals surface area contributed by atoms with Gasteiger partial charge in [-0.25, -0.2) is 4.98 Å². The number of carboxylic acid groups (broad SMARTS) is 1. The second kappa shape index (κ2) is 5.27. The van der Waals surface area contributed by atoms with E-state index < -0.39 is 5.97 Å².